The van der Waals surface area contributed by atoms with Crippen LogP contribution in [0.2, 0.25) is 0 Å². The molecule has 30 heavy (non-hydrogen) atoms. The van der Waals surface area contributed by atoms with Gasteiger partial charge in [0, 0.05) is 30.0 Å². The zero-order valence-corrected chi connectivity index (χ0v) is 17.4. The predicted octanol–water partition coefficient (Wildman–Crippen LogP) is 4.32. The fourth-order valence-corrected chi connectivity index (χ4v) is 3.27. The van der Waals surface area contributed by atoms with Crippen molar-refractivity contribution in [2.45, 2.75) is 26.2 Å². The number of nitrogens with one attached hydrogen (secondary N) is 2. The quantitative estimate of drug-likeness (QED) is 0.640. The highest BCUT2D eigenvalue weighted by atomic mass is 16.5. The lowest BCUT2D eigenvalue weighted by Crippen LogP contribution is -2.35. The van der Waals surface area contributed by atoms with E-state index in [0.29, 0.717) is 17.9 Å². The summed E-state index contributed by atoms with van der Waals surface area (Å²) in [6.07, 6.45) is 3.28. The Balaban J connectivity index is 1.50. The second-order valence-corrected chi connectivity index (χ2v) is 7.61. The van der Waals surface area contributed by atoms with Crippen molar-refractivity contribution in [1.82, 2.24) is 4.90 Å². The minimum atomic E-state index is -0.180. The molecule has 3 rings (SSSR count). The van der Waals surface area contributed by atoms with Crippen molar-refractivity contribution in [2.75, 3.05) is 36.9 Å². The standard InChI is InChI=1S/C24H29N3O3/c1-18(2)17-30-22-11-9-20(10-12-22)25-16-23(28)26-21-8-6-7-19(15-21)24(29)27-13-4-3-5-14-27/h6-12,15,25H,1,3-5,13-14,16-17H2,2H3,(H,26,28). The van der Waals surface area contributed by atoms with Crippen LogP contribution in [0.5, 0.6) is 5.75 Å². The number of nitrogens with zero attached hydrogens (tertiary/aromatic N) is 1. The van der Waals surface area contributed by atoms with Gasteiger partial charge in [-0.2, -0.15) is 0 Å². The van der Waals surface area contributed by atoms with Gasteiger partial charge in [0.25, 0.3) is 5.91 Å². The number of carbonyl (C=O) groups excluding carboxylic acids is 2. The molecule has 1 heterocycles. The van der Waals surface area contributed by atoms with E-state index in [9.17, 15) is 9.59 Å². The molecule has 0 radical (unpaired) electrons. The van der Waals surface area contributed by atoms with Gasteiger partial charge in [0.15, 0.2) is 0 Å². The number of rotatable bonds is 8. The summed E-state index contributed by atoms with van der Waals surface area (Å²) in [6, 6.07) is 14.5. The van der Waals surface area contributed by atoms with Crippen LogP contribution in [-0.4, -0.2) is 43.0 Å². The highest BCUT2D eigenvalue weighted by molar-refractivity contribution is 5.98. The van der Waals surface area contributed by atoms with Gasteiger partial charge in [0.05, 0.1) is 6.54 Å². The Bertz CT molecular complexity index is 887. The Morgan fingerprint density at radius 2 is 1.77 bits per heavy atom. The molecule has 1 aliphatic rings. The average molecular weight is 408 g/mol. The van der Waals surface area contributed by atoms with Crippen molar-refractivity contribution in [3.05, 3.63) is 66.2 Å². The second kappa shape index (κ2) is 10.5. The summed E-state index contributed by atoms with van der Waals surface area (Å²) in [5, 5.41) is 5.93. The molecule has 2 amide bonds. The molecule has 2 aromatic carbocycles. The topological polar surface area (TPSA) is 70.7 Å². The molecule has 0 aromatic heterocycles. The Kier molecular flexibility index (Phi) is 7.49. The first kappa shape index (κ1) is 21.4. The molecule has 0 saturated carbocycles. The highest BCUT2D eigenvalue weighted by Crippen LogP contribution is 2.18. The fourth-order valence-electron chi connectivity index (χ4n) is 3.27. The molecule has 0 aliphatic carbocycles. The van der Waals surface area contributed by atoms with Crippen molar-refractivity contribution < 1.29 is 14.3 Å². The minimum absolute atomic E-state index is 0.0258. The third-order valence-electron chi connectivity index (χ3n) is 4.83. The van der Waals surface area contributed by atoms with Crippen LogP contribution in [0.1, 0.15) is 36.5 Å². The summed E-state index contributed by atoms with van der Waals surface area (Å²) < 4.78 is 5.56. The Morgan fingerprint density at radius 1 is 1.03 bits per heavy atom. The van der Waals surface area contributed by atoms with Crippen molar-refractivity contribution in [2.24, 2.45) is 0 Å². The van der Waals surface area contributed by atoms with Crippen LogP contribution in [0.15, 0.2) is 60.7 Å². The molecule has 0 unspecified atom stereocenters. The van der Waals surface area contributed by atoms with Crippen LogP contribution in [-0.2, 0) is 4.79 Å². The number of hydrogen-bond acceptors (Lipinski definition) is 4. The first-order valence-electron chi connectivity index (χ1n) is 10.3. The van der Waals surface area contributed by atoms with E-state index in [2.05, 4.69) is 17.2 Å². The number of benzene rings is 2. The maximum absolute atomic E-state index is 12.6. The SMILES string of the molecule is C=C(C)COc1ccc(NCC(=O)Nc2cccc(C(=O)N3CCCCC3)c2)cc1. The van der Waals surface area contributed by atoms with E-state index in [-0.39, 0.29) is 18.4 Å². The van der Waals surface area contributed by atoms with Crippen LogP contribution in [0.25, 0.3) is 0 Å². The third kappa shape index (κ3) is 6.37. The molecule has 0 atom stereocenters. The molecule has 1 saturated heterocycles. The number of carbonyl (C=O) groups is 2. The highest BCUT2D eigenvalue weighted by Gasteiger charge is 2.18. The maximum Gasteiger partial charge on any atom is 0.253 e. The average Bonchev–Trinajstić information content (AvgIpc) is 2.77. The molecular formula is C24H29N3O3. The van der Waals surface area contributed by atoms with Crippen molar-refractivity contribution >= 4 is 23.2 Å². The number of ether oxygens (including phenoxy) is 1. The van der Waals surface area contributed by atoms with Crippen LogP contribution >= 0.6 is 0 Å². The zero-order valence-electron chi connectivity index (χ0n) is 17.4. The Hall–Kier alpha value is -3.28. The van der Waals surface area contributed by atoms with Gasteiger partial charge in [-0.1, -0.05) is 12.6 Å². The first-order chi connectivity index (χ1) is 14.5. The second-order valence-electron chi connectivity index (χ2n) is 7.61. The summed E-state index contributed by atoms with van der Waals surface area (Å²) in [4.78, 5) is 26.8. The van der Waals surface area contributed by atoms with Crippen LogP contribution in [0.4, 0.5) is 11.4 Å². The number of hydrogen-bond donors (Lipinski definition) is 2. The van der Waals surface area contributed by atoms with Gasteiger partial charge in [-0.05, 0) is 74.2 Å². The van der Waals surface area contributed by atoms with Crippen molar-refractivity contribution in [3.63, 3.8) is 0 Å². The Labute approximate surface area is 177 Å². The first-order valence-corrected chi connectivity index (χ1v) is 10.3. The number of anilines is 2. The van der Waals surface area contributed by atoms with Crippen molar-refractivity contribution in [1.29, 1.82) is 0 Å². The van der Waals surface area contributed by atoms with Crippen LogP contribution in [0, 0.1) is 0 Å². The molecule has 0 spiro atoms. The number of amides is 2. The van der Waals surface area contributed by atoms with E-state index >= 15 is 0 Å². The van der Waals surface area contributed by atoms with Gasteiger partial charge in [-0.25, -0.2) is 0 Å². The lowest BCUT2D eigenvalue weighted by molar-refractivity contribution is -0.114. The molecule has 6 heteroatoms. The smallest absolute Gasteiger partial charge is 0.253 e. The lowest BCUT2D eigenvalue weighted by atomic mass is 10.1. The van der Waals surface area contributed by atoms with Crippen LogP contribution < -0.4 is 15.4 Å². The molecule has 6 nitrogen and oxygen atoms in total. The van der Waals surface area contributed by atoms with E-state index in [4.69, 9.17) is 4.74 Å². The molecule has 2 aromatic rings. The van der Waals surface area contributed by atoms with E-state index < -0.39 is 0 Å². The van der Waals surface area contributed by atoms with Crippen LogP contribution in [0.3, 0.4) is 0 Å². The lowest BCUT2D eigenvalue weighted by Gasteiger charge is -2.26. The van der Waals surface area contributed by atoms with Gasteiger partial charge in [0.1, 0.15) is 12.4 Å². The number of piperidine rings is 1. The fraction of sp³-hybridized carbons (Fsp3) is 0.333. The monoisotopic (exact) mass is 407 g/mol. The zero-order chi connectivity index (χ0) is 21.3. The van der Waals surface area contributed by atoms with Gasteiger partial charge < -0.3 is 20.3 Å². The van der Waals surface area contributed by atoms with Gasteiger partial charge in [-0.15, -0.1) is 0 Å². The van der Waals surface area contributed by atoms with E-state index in [1.165, 1.54) is 6.42 Å². The number of likely N-dealkylation sites (tertiary alicyclic amines) is 1. The minimum Gasteiger partial charge on any atom is -0.489 e. The van der Waals surface area contributed by atoms with Gasteiger partial charge in [-0.3, -0.25) is 9.59 Å². The van der Waals surface area contributed by atoms with E-state index in [1.807, 2.05) is 36.1 Å². The maximum atomic E-state index is 12.6. The summed E-state index contributed by atoms with van der Waals surface area (Å²) in [6.45, 7) is 7.92. The molecule has 1 fully saturated rings. The third-order valence-corrected chi connectivity index (χ3v) is 4.83. The van der Waals surface area contributed by atoms with Gasteiger partial charge >= 0.3 is 0 Å². The molecular weight excluding hydrogens is 378 g/mol. The molecule has 2 N–H and O–H groups in total. The summed E-state index contributed by atoms with van der Waals surface area (Å²) in [7, 11) is 0. The Morgan fingerprint density at radius 3 is 2.47 bits per heavy atom. The normalized spacial score (nSPS) is 13.4. The predicted molar refractivity (Wildman–Crippen MR) is 120 cm³/mol. The largest absolute Gasteiger partial charge is 0.489 e. The van der Waals surface area contributed by atoms with Gasteiger partial charge in [0.2, 0.25) is 5.91 Å². The van der Waals surface area contributed by atoms with Crippen molar-refractivity contribution in [3.8, 4) is 5.75 Å². The molecule has 0 bridgehead atoms. The van der Waals surface area contributed by atoms with E-state index in [0.717, 1.165) is 42.9 Å². The molecule has 158 valence electrons. The van der Waals surface area contributed by atoms with E-state index in [1.54, 1.807) is 24.3 Å². The summed E-state index contributed by atoms with van der Waals surface area (Å²) in [5.74, 6) is 0.598. The molecule has 1 aliphatic heterocycles. The summed E-state index contributed by atoms with van der Waals surface area (Å²) >= 11 is 0. The summed E-state index contributed by atoms with van der Waals surface area (Å²) in [5.41, 5.74) is 3.00.